The Morgan fingerprint density at radius 3 is 2.79 bits per heavy atom. The number of nitrogens with one attached hydrogen (secondary N) is 1. The summed E-state index contributed by atoms with van der Waals surface area (Å²) in [6.45, 7) is 2.45. The van der Waals surface area contributed by atoms with Gasteiger partial charge in [-0.15, -0.1) is 0 Å². The van der Waals surface area contributed by atoms with Crippen LogP contribution < -0.4 is 10.2 Å². The fourth-order valence-electron chi connectivity index (χ4n) is 3.20. The number of hydrogen-bond donors (Lipinski definition) is 2. The van der Waals surface area contributed by atoms with Crippen molar-refractivity contribution in [1.82, 2.24) is 20.1 Å². The molecule has 0 radical (unpaired) electrons. The number of aryl methyl sites for hydroxylation is 1. The van der Waals surface area contributed by atoms with Crippen LogP contribution in [-0.2, 0) is 7.05 Å². The van der Waals surface area contributed by atoms with Gasteiger partial charge in [-0.3, -0.25) is 4.68 Å². The third kappa shape index (κ3) is 3.84. The number of piperidine rings is 1. The average Bonchev–Trinajstić information content (AvgIpc) is 3.01. The van der Waals surface area contributed by atoms with Crippen LogP contribution in [0.1, 0.15) is 19.3 Å². The average molecular weight is 329 g/mol. The molecule has 2 aromatic heterocycles. The molecule has 1 amide bonds. The van der Waals surface area contributed by atoms with Gasteiger partial charge in [-0.2, -0.15) is 5.10 Å². The Morgan fingerprint density at radius 2 is 2.12 bits per heavy atom. The van der Waals surface area contributed by atoms with Crippen LogP contribution in [0.15, 0.2) is 30.5 Å². The molecule has 0 saturated carbocycles. The first-order valence-corrected chi connectivity index (χ1v) is 8.30. The molecule has 0 spiro atoms. The minimum Gasteiger partial charge on any atom is -0.465 e. The molecule has 128 valence electrons. The smallest absolute Gasteiger partial charge is 0.404 e. The van der Waals surface area contributed by atoms with Crippen LogP contribution in [0, 0.1) is 5.92 Å². The summed E-state index contributed by atoms with van der Waals surface area (Å²) in [7, 11) is 1.92. The van der Waals surface area contributed by atoms with Gasteiger partial charge in [0.1, 0.15) is 5.82 Å². The van der Waals surface area contributed by atoms with E-state index >= 15 is 0 Å². The molecule has 0 aliphatic carbocycles. The maximum atomic E-state index is 10.5. The van der Waals surface area contributed by atoms with Gasteiger partial charge in [0.2, 0.25) is 0 Å². The first kappa shape index (κ1) is 16.3. The lowest BCUT2D eigenvalue weighted by Crippen LogP contribution is -2.35. The van der Waals surface area contributed by atoms with Crippen molar-refractivity contribution in [2.24, 2.45) is 13.0 Å². The van der Waals surface area contributed by atoms with Crippen LogP contribution in [-0.4, -0.2) is 45.6 Å². The molecular formula is C17H23N5O2. The van der Waals surface area contributed by atoms with Crippen molar-refractivity contribution in [2.75, 3.05) is 24.5 Å². The topological polar surface area (TPSA) is 83.3 Å². The number of aromatic nitrogens is 3. The number of rotatable bonds is 5. The molecule has 24 heavy (non-hydrogen) atoms. The number of amides is 1. The van der Waals surface area contributed by atoms with E-state index in [1.54, 1.807) is 6.20 Å². The second-order valence-electron chi connectivity index (χ2n) is 6.17. The third-order valence-corrected chi connectivity index (χ3v) is 4.59. The molecule has 1 aliphatic rings. The minimum absolute atomic E-state index is 0.536. The van der Waals surface area contributed by atoms with E-state index < -0.39 is 6.09 Å². The zero-order chi connectivity index (χ0) is 16.9. The second-order valence-corrected chi connectivity index (χ2v) is 6.17. The Labute approximate surface area is 141 Å². The molecule has 7 nitrogen and oxygen atoms in total. The highest BCUT2D eigenvalue weighted by Crippen LogP contribution is 2.25. The van der Waals surface area contributed by atoms with Crippen molar-refractivity contribution in [1.29, 1.82) is 0 Å². The van der Waals surface area contributed by atoms with Crippen molar-refractivity contribution >= 4 is 11.9 Å². The number of carbonyl (C=O) groups is 1. The zero-order valence-corrected chi connectivity index (χ0v) is 13.9. The van der Waals surface area contributed by atoms with Crippen LogP contribution in [0.4, 0.5) is 10.6 Å². The predicted molar refractivity (Wildman–Crippen MR) is 92.0 cm³/mol. The Kier molecular flexibility index (Phi) is 4.98. The standard InChI is InChI=1S/C17H23N5O2/c1-21-15(6-10-19-21)14-3-2-4-16(20-14)22-11-7-13(8-12-22)5-9-18-17(23)24/h2-4,6,10,13,18H,5,7-9,11-12H2,1H3,(H,23,24). The highest BCUT2D eigenvalue weighted by atomic mass is 16.4. The minimum atomic E-state index is -0.941. The van der Waals surface area contributed by atoms with Crippen molar-refractivity contribution < 1.29 is 9.90 Å². The first-order chi connectivity index (χ1) is 11.6. The molecule has 0 bridgehead atoms. The molecular weight excluding hydrogens is 306 g/mol. The highest BCUT2D eigenvalue weighted by molar-refractivity contribution is 5.64. The van der Waals surface area contributed by atoms with E-state index in [4.69, 9.17) is 10.1 Å². The lowest BCUT2D eigenvalue weighted by molar-refractivity contribution is 0.193. The normalized spacial score (nSPS) is 15.5. The Balaban J connectivity index is 1.59. The first-order valence-electron chi connectivity index (χ1n) is 8.30. The van der Waals surface area contributed by atoms with Gasteiger partial charge in [0.25, 0.3) is 0 Å². The largest absolute Gasteiger partial charge is 0.465 e. The summed E-state index contributed by atoms with van der Waals surface area (Å²) in [5.41, 5.74) is 1.94. The van der Waals surface area contributed by atoms with Crippen molar-refractivity contribution in [3.05, 3.63) is 30.5 Å². The Bertz CT molecular complexity index is 692. The summed E-state index contributed by atoms with van der Waals surface area (Å²) >= 11 is 0. The summed E-state index contributed by atoms with van der Waals surface area (Å²) in [4.78, 5) is 17.6. The molecule has 2 N–H and O–H groups in total. The number of carboxylic acid groups (broad SMARTS) is 1. The van der Waals surface area contributed by atoms with E-state index in [9.17, 15) is 4.79 Å². The SMILES string of the molecule is Cn1nccc1-c1cccc(N2CCC(CCNC(=O)O)CC2)n1. The monoisotopic (exact) mass is 329 g/mol. The van der Waals surface area contributed by atoms with Crippen LogP contribution in [0.2, 0.25) is 0 Å². The molecule has 0 unspecified atom stereocenters. The van der Waals surface area contributed by atoms with Gasteiger partial charge in [-0.1, -0.05) is 6.07 Å². The third-order valence-electron chi connectivity index (χ3n) is 4.59. The molecule has 0 aromatic carbocycles. The molecule has 1 fully saturated rings. The summed E-state index contributed by atoms with van der Waals surface area (Å²) < 4.78 is 1.83. The molecule has 1 saturated heterocycles. The lowest BCUT2D eigenvalue weighted by atomic mass is 9.93. The van der Waals surface area contributed by atoms with Crippen LogP contribution >= 0.6 is 0 Å². The molecule has 0 atom stereocenters. The summed E-state index contributed by atoms with van der Waals surface area (Å²) in [5, 5.41) is 15.3. The van der Waals surface area contributed by atoms with Gasteiger partial charge in [0.15, 0.2) is 0 Å². The molecule has 1 aliphatic heterocycles. The maximum Gasteiger partial charge on any atom is 0.404 e. The second kappa shape index (κ2) is 7.33. The molecule has 2 aromatic rings. The highest BCUT2D eigenvalue weighted by Gasteiger charge is 2.20. The quantitative estimate of drug-likeness (QED) is 0.880. The van der Waals surface area contributed by atoms with E-state index in [1.165, 1.54) is 0 Å². The zero-order valence-electron chi connectivity index (χ0n) is 13.9. The van der Waals surface area contributed by atoms with E-state index in [-0.39, 0.29) is 0 Å². The van der Waals surface area contributed by atoms with Crippen molar-refractivity contribution in [3.8, 4) is 11.4 Å². The van der Waals surface area contributed by atoms with Gasteiger partial charge in [-0.05, 0) is 43.4 Å². The van der Waals surface area contributed by atoms with E-state index in [0.29, 0.717) is 12.5 Å². The van der Waals surface area contributed by atoms with E-state index in [2.05, 4.69) is 15.3 Å². The summed E-state index contributed by atoms with van der Waals surface area (Å²) in [6.07, 6.45) is 3.88. The van der Waals surface area contributed by atoms with E-state index in [1.807, 2.05) is 36.0 Å². The van der Waals surface area contributed by atoms with Crippen molar-refractivity contribution in [3.63, 3.8) is 0 Å². The Morgan fingerprint density at radius 1 is 1.33 bits per heavy atom. The van der Waals surface area contributed by atoms with Gasteiger partial charge >= 0.3 is 6.09 Å². The fraction of sp³-hybridized carbons (Fsp3) is 0.471. The van der Waals surface area contributed by atoms with Gasteiger partial charge in [-0.25, -0.2) is 9.78 Å². The molecule has 3 rings (SSSR count). The van der Waals surface area contributed by atoms with Crippen molar-refractivity contribution in [2.45, 2.75) is 19.3 Å². The van der Waals surface area contributed by atoms with Crippen LogP contribution in [0.3, 0.4) is 0 Å². The number of anilines is 1. The Hall–Kier alpha value is -2.57. The number of nitrogens with zero attached hydrogens (tertiary/aromatic N) is 4. The maximum absolute atomic E-state index is 10.5. The summed E-state index contributed by atoms with van der Waals surface area (Å²) in [5.74, 6) is 1.57. The van der Waals surface area contributed by atoms with Gasteiger partial charge in [0.05, 0.1) is 11.4 Å². The number of pyridine rings is 1. The fourth-order valence-corrected chi connectivity index (χ4v) is 3.20. The van der Waals surface area contributed by atoms with Gasteiger partial charge < -0.3 is 15.3 Å². The van der Waals surface area contributed by atoms with Crippen LogP contribution in [0.5, 0.6) is 0 Å². The molecule has 7 heteroatoms. The molecule has 3 heterocycles. The lowest BCUT2D eigenvalue weighted by Gasteiger charge is -2.33. The van der Waals surface area contributed by atoms with Gasteiger partial charge in [0, 0.05) is 32.9 Å². The number of hydrogen-bond acceptors (Lipinski definition) is 4. The van der Waals surface area contributed by atoms with E-state index in [0.717, 1.165) is 49.6 Å². The van der Waals surface area contributed by atoms with Crippen LogP contribution in [0.25, 0.3) is 11.4 Å². The summed E-state index contributed by atoms with van der Waals surface area (Å²) in [6, 6.07) is 8.05. The predicted octanol–water partition coefficient (Wildman–Crippen LogP) is 2.36.